The number of methoxy groups -OCH3 is 1. The number of nitrogen functional groups attached to an aromatic ring is 1. The predicted octanol–water partition coefficient (Wildman–Crippen LogP) is 1.76. The van der Waals surface area contributed by atoms with Crippen molar-refractivity contribution in [2.75, 3.05) is 19.5 Å². The second-order valence-electron chi connectivity index (χ2n) is 4.00. The maximum absolute atomic E-state index is 13.8. The van der Waals surface area contributed by atoms with Crippen molar-refractivity contribution in [2.45, 2.75) is 24.3 Å². The van der Waals surface area contributed by atoms with E-state index in [0.29, 0.717) is 6.42 Å². The predicted molar refractivity (Wildman–Crippen MR) is 72.1 cm³/mol. The highest BCUT2D eigenvalue weighted by Crippen LogP contribution is 2.25. The SMILES string of the molecule is CCC(COC)NS(=O)(=O)c1cc(N)cc(Cl)c1F. The van der Waals surface area contributed by atoms with E-state index in [0.717, 1.165) is 12.1 Å². The first kappa shape index (κ1) is 16.2. The van der Waals surface area contributed by atoms with Gasteiger partial charge in [-0.15, -0.1) is 0 Å². The Hall–Kier alpha value is -0.890. The highest BCUT2D eigenvalue weighted by atomic mass is 35.5. The van der Waals surface area contributed by atoms with E-state index < -0.39 is 26.8 Å². The Balaban J connectivity index is 3.13. The van der Waals surface area contributed by atoms with E-state index in [4.69, 9.17) is 22.1 Å². The summed E-state index contributed by atoms with van der Waals surface area (Å²) in [5.41, 5.74) is 5.55. The van der Waals surface area contributed by atoms with Gasteiger partial charge in [0.15, 0.2) is 5.82 Å². The fourth-order valence-corrected chi connectivity index (χ4v) is 3.22. The normalized spacial score (nSPS) is 13.5. The molecule has 0 saturated carbocycles. The van der Waals surface area contributed by atoms with E-state index in [1.807, 2.05) is 0 Å². The van der Waals surface area contributed by atoms with Gasteiger partial charge in [-0.1, -0.05) is 18.5 Å². The highest BCUT2D eigenvalue weighted by molar-refractivity contribution is 7.89. The van der Waals surface area contributed by atoms with Gasteiger partial charge >= 0.3 is 0 Å². The minimum atomic E-state index is -4.04. The van der Waals surface area contributed by atoms with Gasteiger partial charge in [0.1, 0.15) is 4.90 Å². The van der Waals surface area contributed by atoms with Crippen LogP contribution in [0.15, 0.2) is 17.0 Å². The van der Waals surface area contributed by atoms with Gasteiger partial charge in [-0.25, -0.2) is 17.5 Å². The molecule has 0 saturated heterocycles. The summed E-state index contributed by atoms with van der Waals surface area (Å²) in [5.74, 6) is -1.02. The van der Waals surface area contributed by atoms with Crippen LogP contribution in [0.4, 0.5) is 10.1 Å². The molecular formula is C11H16ClFN2O3S. The third-order valence-electron chi connectivity index (χ3n) is 2.49. The molecule has 0 fully saturated rings. The maximum Gasteiger partial charge on any atom is 0.243 e. The van der Waals surface area contributed by atoms with Crippen molar-refractivity contribution in [3.63, 3.8) is 0 Å². The van der Waals surface area contributed by atoms with Crippen LogP contribution in [0, 0.1) is 5.82 Å². The number of benzene rings is 1. The molecule has 0 amide bonds. The standard InChI is InChI=1S/C11H16ClFN2O3S/c1-3-8(6-18-2)15-19(16,17)10-5-7(14)4-9(12)11(10)13/h4-5,8,15H,3,6,14H2,1-2H3. The molecule has 108 valence electrons. The Morgan fingerprint density at radius 2 is 2.16 bits per heavy atom. The van der Waals surface area contributed by atoms with Crippen LogP contribution >= 0.6 is 11.6 Å². The number of rotatable bonds is 6. The zero-order chi connectivity index (χ0) is 14.6. The van der Waals surface area contributed by atoms with Crippen molar-refractivity contribution in [2.24, 2.45) is 0 Å². The van der Waals surface area contributed by atoms with Crippen molar-refractivity contribution in [3.05, 3.63) is 23.0 Å². The summed E-state index contributed by atoms with van der Waals surface area (Å²) in [7, 11) is -2.59. The molecule has 0 bridgehead atoms. The minimum Gasteiger partial charge on any atom is -0.399 e. The van der Waals surface area contributed by atoms with Crippen molar-refractivity contribution in [1.82, 2.24) is 4.72 Å². The Labute approximate surface area is 116 Å². The molecule has 1 unspecified atom stereocenters. The van der Waals surface area contributed by atoms with Gasteiger partial charge in [-0.3, -0.25) is 0 Å². The zero-order valence-corrected chi connectivity index (χ0v) is 12.2. The first-order chi connectivity index (χ1) is 8.81. The molecule has 0 spiro atoms. The van der Waals surface area contributed by atoms with E-state index >= 15 is 0 Å². The van der Waals surface area contributed by atoms with Crippen LogP contribution in [0.1, 0.15) is 13.3 Å². The first-order valence-corrected chi connectivity index (χ1v) is 7.43. The third kappa shape index (κ3) is 4.04. The van der Waals surface area contributed by atoms with Gasteiger partial charge in [-0.2, -0.15) is 0 Å². The lowest BCUT2D eigenvalue weighted by Gasteiger charge is -2.16. The molecule has 0 aliphatic heterocycles. The topological polar surface area (TPSA) is 81.4 Å². The summed E-state index contributed by atoms with van der Waals surface area (Å²) in [5, 5.41) is -0.333. The van der Waals surface area contributed by atoms with Crippen molar-refractivity contribution in [1.29, 1.82) is 0 Å². The number of nitrogens with one attached hydrogen (secondary N) is 1. The fourth-order valence-electron chi connectivity index (χ4n) is 1.50. The summed E-state index contributed by atoms with van der Waals surface area (Å²) < 4.78 is 45.2. The Bertz CT molecular complexity index is 551. The molecule has 1 aromatic carbocycles. The average Bonchev–Trinajstić information content (AvgIpc) is 2.32. The number of ether oxygens (including phenoxy) is 1. The Morgan fingerprint density at radius 3 is 2.68 bits per heavy atom. The van der Waals surface area contributed by atoms with Gasteiger partial charge < -0.3 is 10.5 Å². The van der Waals surface area contributed by atoms with Gasteiger partial charge in [0.2, 0.25) is 10.0 Å². The summed E-state index contributed by atoms with van der Waals surface area (Å²) in [4.78, 5) is -0.563. The van der Waals surface area contributed by atoms with Crippen molar-refractivity contribution < 1.29 is 17.5 Å². The summed E-state index contributed by atoms with van der Waals surface area (Å²) in [6.07, 6.45) is 0.505. The molecule has 1 rings (SSSR count). The fraction of sp³-hybridized carbons (Fsp3) is 0.455. The number of anilines is 1. The smallest absolute Gasteiger partial charge is 0.243 e. The molecular weight excluding hydrogens is 295 g/mol. The molecule has 1 aromatic rings. The number of sulfonamides is 1. The van der Waals surface area contributed by atoms with Crippen molar-refractivity contribution in [3.8, 4) is 0 Å². The molecule has 0 radical (unpaired) electrons. The van der Waals surface area contributed by atoms with Crippen LogP contribution < -0.4 is 10.5 Å². The van der Waals surface area contributed by atoms with Gasteiger partial charge in [0.25, 0.3) is 0 Å². The minimum absolute atomic E-state index is 0.0755. The monoisotopic (exact) mass is 310 g/mol. The van der Waals surface area contributed by atoms with Gasteiger partial charge in [0.05, 0.1) is 11.6 Å². The number of hydrogen-bond acceptors (Lipinski definition) is 4. The lowest BCUT2D eigenvalue weighted by atomic mass is 10.3. The van der Waals surface area contributed by atoms with Crippen LogP contribution in [0.25, 0.3) is 0 Å². The second-order valence-corrected chi connectivity index (χ2v) is 6.09. The second kappa shape index (κ2) is 6.51. The lowest BCUT2D eigenvalue weighted by molar-refractivity contribution is 0.173. The van der Waals surface area contributed by atoms with Crippen molar-refractivity contribution >= 4 is 27.3 Å². The van der Waals surface area contributed by atoms with E-state index in [2.05, 4.69) is 4.72 Å². The molecule has 19 heavy (non-hydrogen) atoms. The molecule has 1 atom stereocenters. The quantitative estimate of drug-likeness (QED) is 0.785. The van der Waals surface area contributed by atoms with Crippen LogP contribution in [0.3, 0.4) is 0 Å². The molecule has 0 heterocycles. The summed E-state index contributed by atoms with van der Waals surface area (Å²) >= 11 is 5.58. The molecule has 0 aliphatic carbocycles. The molecule has 0 aliphatic rings. The third-order valence-corrected chi connectivity index (χ3v) is 4.28. The maximum atomic E-state index is 13.8. The van der Waals surface area contributed by atoms with Crippen LogP contribution in [-0.2, 0) is 14.8 Å². The zero-order valence-electron chi connectivity index (χ0n) is 10.6. The molecule has 8 heteroatoms. The van der Waals surface area contributed by atoms with E-state index in [1.54, 1.807) is 6.92 Å². The summed E-state index contributed by atoms with van der Waals surface area (Å²) in [6, 6.07) is 1.74. The molecule has 0 aromatic heterocycles. The average molecular weight is 311 g/mol. The van der Waals surface area contributed by atoms with Gasteiger partial charge in [0, 0.05) is 18.8 Å². The largest absolute Gasteiger partial charge is 0.399 e. The lowest BCUT2D eigenvalue weighted by Crippen LogP contribution is -2.37. The Morgan fingerprint density at radius 1 is 1.53 bits per heavy atom. The van der Waals surface area contributed by atoms with E-state index in [1.165, 1.54) is 7.11 Å². The van der Waals surface area contributed by atoms with Gasteiger partial charge in [-0.05, 0) is 18.6 Å². The number of nitrogens with two attached hydrogens (primary N) is 1. The summed E-state index contributed by atoms with van der Waals surface area (Å²) in [6.45, 7) is 1.97. The number of hydrogen-bond donors (Lipinski definition) is 2. The van der Waals surface area contributed by atoms with E-state index in [-0.39, 0.29) is 17.3 Å². The molecule has 5 nitrogen and oxygen atoms in total. The van der Waals surface area contributed by atoms with Crippen LogP contribution in [-0.4, -0.2) is 28.2 Å². The first-order valence-electron chi connectivity index (χ1n) is 5.57. The van der Waals surface area contributed by atoms with Crippen LogP contribution in [0.2, 0.25) is 5.02 Å². The number of halogens is 2. The molecule has 3 N–H and O–H groups in total. The Kier molecular flexibility index (Phi) is 5.54. The van der Waals surface area contributed by atoms with E-state index in [9.17, 15) is 12.8 Å². The van der Waals surface area contributed by atoms with Crippen LogP contribution in [0.5, 0.6) is 0 Å². The highest BCUT2D eigenvalue weighted by Gasteiger charge is 2.24.